The van der Waals surface area contributed by atoms with Gasteiger partial charge in [0.2, 0.25) is 10.0 Å². The van der Waals surface area contributed by atoms with Crippen LogP contribution in [-0.4, -0.2) is 35.8 Å². The molecule has 6 nitrogen and oxygen atoms in total. The number of piperidine rings is 1. The molecule has 26 heavy (non-hydrogen) atoms. The molecule has 140 valence electrons. The Balaban J connectivity index is 1.68. The Morgan fingerprint density at radius 2 is 1.81 bits per heavy atom. The lowest BCUT2D eigenvalue weighted by molar-refractivity contribution is 0.346. The number of aromatic nitrogens is 2. The van der Waals surface area contributed by atoms with Crippen molar-refractivity contribution in [1.82, 2.24) is 14.3 Å². The topological polar surface area (TPSA) is 75.2 Å². The van der Waals surface area contributed by atoms with Crippen LogP contribution in [0.3, 0.4) is 0 Å². The number of benzene rings is 1. The van der Waals surface area contributed by atoms with Gasteiger partial charge in [0.15, 0.2) is 11.6 Å². The smallest absolute Gasteiger partial charge is 0.243 e. The number of rotatable bonds is 6. The monoisotopic (exact) mass is 378 g/mol. The first-order valence-corrected chi connectivity index (χ1v) is 10.3. The Morgan fingerprint density at radius 3 is 2.46 bits per heavy atom. The molecular formula is C18H23FN4O2S. The Hall–Kier alpha value is -2.06. The Morgan fingerprint density at radius 1 is 1.12 bits per heavy atom. The maximum Gasteiger partial charge on any atom is 0.243 e. The van der Waals surface area contributed by atoms with Crippen LogP contribution in [0.2, 0.25) is 0 Å². The first-order chi connectivity index (χ1) is 12.5. The molecule has 1 aliphatic rings. The van der Waals surface area contributed by atoms with Crippen molar-refractivity contribution in [3.8, 4) is 0 Å². The number of aryl methyl sites for hydroxylation is 1. The molecular weight excluding hydrogens is 355 g/mol. The normalized spacial score (nSPS) is 15.8. The molecule has 1 fully saturated rings. The summed E-state index contributed by atoms with van der Waals surface area (Å²) in [5.74, 6) is -0.291. The van der Waals surface area contributed by atoms with Crippen LogP contribution in [0.25, 0.3) is 0 Å². The van der Waals surface area contributed by atoms with Crippen molar-refractivity contribution in [2.75, 3.05) is 18.4 Å². The summed E-state index contributed by atoms with van der Waals surface area (Å²) in [5, 5.41) is 2.94. The lowest BCUT2D eigenvalue weighted by Gasteiger charge is -2.25. The van der Waals surface area contributed by atoms with E-state index in [4.69, 9.17) is 0 Å². The van der Waals surface area contributed by atoms with Gasteiger partial charge in [-0.05, 0) is 37.0 Å². The van der Waals surface area contributed by atoms with E-state index in [1.807, 2.05) is 6.92 Å². The fourth-order valence-corrected chi connectivity index (χ4v) is 4.51. The third-order valence-electron chi connectivity index (χ3n) is 4.53. The molecule has 1 aliphatic heterocycles. The van der Waals surface area contributed by atoms with Crippen LogP contribution in [-0.2, 0) is 23.0 Å². The van der Waals surface area contributed by atoms with Gasteiger partial charge in [-0.25, -0.2) is 22.8 Å². The quantitative estimate of drug-likeness (QED) is 0.836. The zero-order chi connectivity index (χ0) is 18.6. The van der Waals surface area contributed by atoms with E-state index < -0.39 is 15.8 Å². The molecule has 0 radical (unpaired) electrons. The summed E-state index contributed by atoms with van der Waals surface area (Å²) in [5.41, 5.74) is 1.21. The Bertz CT molecular complexity index is 850. The minimum absolute atomic E-state index is 0.155. The maximum atomic E-state index is 14.1. The molecule has 1 saturated heterocycles. The van der Waals surface area contributed by atoms with Crippen LogP contribution in [0.15, 0.2) is 35.5 Å². The van der Waals surface area contributed by atoms with Crippen LogP contribution >= 0.6 is 0 Å². The van der Waals surface area contributed by atoms with E-state index in [0.717, 1.165) is 24.8 Å². The molecule has 2 aromatic rings. The minimum Gasteiger partial charge on any atom is -0.363 e. The van der Waals surface area contributed by atoms with E-state index in [1.54, 1.807) is 28.6 Å². The van der Waals surface area contributed by atoms with Crippen LogP contribution < -0.4 is 5.32 Å². The predicted molar refractivity (Wildman–Crippen MR) is 97.7 cm³/mol. The minimum atomic E-state index is -3.43. The van der Waals surface area contributed by atoms with Gasteiger partial charge in [0, 0.05) is 19.6 Å². The average molecular weight is 378 g/mol. The van der Waals surface area contributed by atoms with Crippen molar-refractivity contribution in [2.24, 2.45) is 0 Å². The highest BCUT2D eigenvalue weighted by Crippen LogP contribution is 2.21. The fourth-order valence-electron chi connectivity index (χ4n) is 3.00. The molecule has 0 saturated carbocycles. The third kappa shape index (κ3) is 4.02. The number of anilines is 1. The molecule has 0 aliphatic carbocycles. The van der Waals surface area contributed by atoms with Gasteiger partial charge in [-0.2, -0.15) is 4.31 Å². The van der Waals surface area contributed by atoms with Crippen molar-refractivity contribution < 1.29 is 12.8 Å². The fraction of sp³-hybridized carbons (Fsp3) is 0.444. The van der Waals surface area contributed by atoms with Crippen LogP contribution in [0.5, 0.6) is 0 Å². The summed E-state index contributed by atoms with van der Waals surface area (Å²) in [6.45, 7) is 3.34. The average Bonchev–Trinajstić information content (AvgIpc) is 2.68. The van der Waals surface area contributed by atoms with Gasteiger partial charge < -0.3 is 5.32 Å². The van der Waals surface area contributed by atoms with Crippen LogP contribution in [0, 0.1) is 5.82 Å². The highest BCUT2D eigenvalue weighted by molar-refractivity contribution is 7.89. The van der Waals surface area contributed by atoms with Crippen molar-refractivity contribution in [3.05, 3.63) is 47.7 Å². The number of nitrogens with zero attached hydrogens (tertiary/aromatic N) is 3. The number of halogens is 1. The van der Waals surface area contributed by atoms with Gasteiger partial charge in [-0.15, -0.1) is 0 Å². The summed E-state index contributed by atoms with van der Waals surface area (Å²) in [7, 11) is -3.43. The zero-order valence-corrected chi connectivity index (χ0v) is 15.6. The van der Waals surface area contributed by atoms with E-state index in [-0.39, 0.29) is 5.82 Å². The van der Waals surface area contributed by atoms with Crippen LogP contribution in [0.4, 0.5) is 10.2 Å². The second kappa shape index (κ2) is 8.09. The molecule has 1 aromatic carbocycles. The molecule has 1 aromatic heterocycles. The van der Waals surface area contributed by atoms with E-state index >= 15 is 0 Å². The van der Waals surface area contributed by atoms with Crippen molar-refractivity contribution in [3.63, 3.8) is 0 Å². The van der Waals surface area contributed by atoms with E-state index in [2.05, 4.69) is 15.3 Å². The molecule has 0 spiro atoms. The number of hydrogen-bond donors (Lipinski definition) is 1. The Kier molecular flexibility index (Phi) is 5.83. The largest absolute Gasteiger partial charge is 0.363 e. The number of hydrogen-bond acceptors (Lipinski definition) is 5. The van der Waals surface area contributed by atoms with Gasteiger partial charge in [0.25, 0.3) is 0 Å². The number of nitrogens with one attached hydrogen (secondary N) is 1. The highest BCUT2D eigenvalue weighted by atomic mass is 32.2. The first kappa shape index (κ1) is 18.7. The summed E-state index contributed by atoms with van der Waals surface area (Å²) >= 11 is 0. The van der Waals surface area contributed by atoms with Crippen molar-refractivity contribution in [2.45, 2.75) is 44.0 Å². The van der Waals surface area contributed by atoms with E-state index in [9.17, 15) is 12.8 Å². The summed E-state index contributed by atoms with van der Waals surface area (Å²) in [6.07, 6.45) is 4.72. The first-order valence-electron chi connectivity index (χ1n) is 8.84. The van der Waals surface area contributed by atoms with Gasteiger partial charge in [0.05, 0.1) is 10.6 Å². The molecule has 0 bridgehead atoms. The summed E-state index contributed by atoms with van der Waals surface area (Å²) in [4.78, 5) is 8.11. The van der Waals surface area contributed by atoms with Gasteiger partial charge >= 0.3 is 0 Å². The molecule has 1 N–H and O–H groups in total. The van der Waals surface area contributed by atoms with Gasteiger partial charge in [0.1, 0.15) is 6.33 Å². The van der Waals surface area contributed by atoms with Crippen molar-refractivity contribution >= 4 is 15.8 Å². The highest BCUT2D eigenvalue weighted by Gasteiger charge is 2.25. The molecule has 2 heterocycles. The SMILES string of the molecule is CCc1ncnc(NCc2ccc(S(=O)(=O)N3CCCCC3)cc2)c1F. The van der Waals surface area contributed by atoms with Crippen LogP contribution in [0.1, 0.15) is 37.4 Å². The summed E-state index contributed by atoms with van der Waals surface area (Å²) in [6, 6.07) is 6.69. The molecule has 0 unspecified atom stereocenters. The third-order valence-corrected chi connectivity index (χ3v) is 6.45. The molecule has 0 atom stereocenters. The Labute approximate surface area is 153 Å². The lowest BCUT2D eigenvalue weighted by Crippen LogP contribution is -2.35. The van der Waals surface area contributed by atoms with E-state index in [0.29, 0.717) is 36.6 Å². The molecule has 3 rings (SSSR count). The zero-order valence-electron chi connectivity index (χ0n) is 14.8. The molecule has 0 amide bonds. The van der Waals surface area contributed by atoms with E-state index in [1.165, 1.54) is 6.33 Å². The van der Waals surface area contributed by atoms with Gasteiger partial charge in [-0.3, -0.25) is 0 Å². The predicted octanol–water partition coefficient (Wildman–Crippen LogP) is 2.96. The van der Waals surface area contributed by atoms with Gasteiger partial charge in [-0.1, -0.05) is 25.5 Å². The molecule has 8 heteroatoms. The summed E-state index contributed by atoms with van der Waals surface area (Å²) < 4.78 is 41.0. The maximum absolute atomic E-state index is 14.1. The standard InChI is InChI=1S/C18H23FN4O2S/c1-2-16-17(19)18(22-13-21-16)20-12-14-6-8-15(9-7-14)26(24,25)23-10-4-3-5-11-23/h6-9,13H,2-5,10-12H2,1H3,(H,20,21,22). The second-order valence-electron chi connectivity index (χ2n) is 6.30. The second-order valence-corrected chi connectivity index (χ2v) is 8.24. The lowest BCUT2D eigenvalue weighted by atomic mass is 10.2. The van der Waals surface area contributed by atoms with Crippen molar-refractivity contribution in [1.29, 1.82) is 0 Å². The number of sulfonamides is 1.